The minimum absolute atomic E-state index is 0.0651. The van der Waals surface area contributed by atoms with Crippen LogP contribution in [0.25, 0.3) is 0 Å². The Morgan fingerprint density at radius 3 is 2.63 bits per heavy atom. The Morgan fingerprint density at radius 2 is 2.05 bits per heavy atom. The molecule has 0 spiro atoms. The summed E-state index contributed by atoms with van der Waals surface area (Å²) < 4.78 is 0. The molecule has 19 heavy (non-hydrogen) atoms. The van der Waals surface area contributed by atoms with Gasteiger partial charge in [-0.05, 0) is 32.8 Å². The summed E-state index contributed by atoms with van der Waals surface area (Å²) in [4.78, 5) is 10.5. The molecule has 6 heteroatoms. The Labute approximate surface area is 113 Å². The number of hydrogen-bond acceptors (Lipinski definition) is 5. The third kappa shape index (κ3) is 5.13. The largest absolute Gasteiger partial charge is 0.396 e. The molecular weight excluding hydrogens is 246 g/mol. The molecule has 1 unspecified atom stereocenters. The van der Waals surface area contributed by atoms with E-state index in [0.717, 1.165) is 17.8 Å². The van der Waals surface area contributed by atoms with Crippen LogP contribution in [-0.2, 0) is 0 Å². The molecule has 6 nitrogen and oxygen atoms in total. The van der Waals surface area contributed by atoms with Crippen molar-refractivity contribution in [1.82, 2.24) is 0 Å². The molecule has 1 rings (SSSR count). The zero-order valence-corrected chi connectivity index (χ0v) is 11.3. The van der Waals surface area contributed by atoms with Gasteiger partial charge in [0.1, 0.15) is 0 Å². The molecule has 1 aromatic carbocycles. The minimum atomic E-state index is -0.398. The topological polar surface area (TPSA) is 87.4 Å². The summed E-state index contributed by atoms with van der Waals surface area (Å²) in [7, 11) is 0. The second-order valence-corrected chi connectivity index (χ2v) is 4.47. The lowest BCUT2D eigenvalue weighted by Gasteiger charge is -2.15. The first kappa shape index (κ1) is 15.2. The maximum Gasteiger partial charge on any atom is 0.273 e. The van der Waals surface area contributed by atoms with Gasteiger partial charge in [0.25, 0.3) is 5.69 Å². The first-order chi connectivity index (χ1) is 9.06. The lowest BCUT2D eigenvalue weighted by molar-refractivity contribution is -0.384. The Morgan fingerprint density at radius 1 is 1.37 bits per heavy atom. The van der Waals surface area contributed by atoms with Crippen molar-refractivity contribution in [3.05, 3.63) is 28.3 Å². The van der Waals surface area contributed by atoms with E-state index in [2.05, 4.69) is 10.6 Å². The van der Waals surface area contributed by atoms with E-state index >= 15 is 0 Å². The summed E-state index contributed by atoms with van der Waals surface area (Å²) >= 11 is 0. The molecule has 0 saturated heterocycles. The molecule has 0 amide bonds. The fourth-order valence-corrected chi connectivity index (χ4v) is 1.86. The molecule has 0 aliphatic heterocycles. The Balaban J connectivity index is 2.83. The number of non-ortho nitro benzene ring substituents is 1. The Kier molecular flexibility index (Phi) is 6.08. The van der Waals surface area contributed by atoms with Crippen molar-refractivity contribution < 1.29 is 10.0 Å². The molecule has 0 bridgehead atoms. The number of aliphatic hydroxyl groups is 1. The van der Waals surface area contributed by atoms with Crippen LogP contribution in [0.1, 0.15) is 26.7 Å². The highest BCUT2D eigenvalue weighted by atomic mass is 16.6. The van der Waals surface area contributed by atoms with E-state index in [4.69, 9.17) is 5.11 Å². The highest BCUT2D eigenvalue weighted by Gasteiger charge is 2.11. The summed E-state index contributed by atoms with van der Waals surface area (Å²) in [6, 6.07) is 5.05. The predicted octanol–water partition coefficient (Wildman–Crippen LogP) is 2.60. The standard InChI is InChI=1S/C13H21N3O3/c1-3-14-11-7-12(9-13(8-11)16(18)19)15-10(2)5-4-6-17/h7-10,14-15,17H,3-6H2,1-2H3. The average molecular weight is 267 g/mol. The normalized spacial score (nSPS) is 11.9. The highest BCUT2D eigenvalue weighted by molar-refractivity contribution is 5.63. The van der Waals surface area contributed by atoms with Crippen LogP contribution in [0.5, 0.6) is 0 Å². The van der Waals surface area contributed by atoms with Crippen LogP contribution in [0, 0.1) is 10.1 Å². The SMILES string of the molecule is CCNc1cc(NC(C)CCCO)cc([N+](=O)[O-])c1. The van der Waals surface area contributed by atoms with Gasteiger partial charge in [-0.15, -0.1) is 0 Å². The number of nitro groups is 1. The molecule has 106 valence electrons. The Bertz CT molecular complexity index is 424. The van der Waals surface area contributed by atoms with Crippen molar-refractivity contribution in [3.63, 3.8) is 0 Å². The number of benzene rings is 1. The summed E-state index contributed by atoms with van der Waals surface area (Å²) in [6.45, 7) is 4.79. The Hall–Kier alpha value is -1.82. The van der Waals surface area contributed by atoms with Crippen LogP contribution in [-0.4, -0.2) is 29.2 Å². The zero-order chi connectivity index (χ0) is 14.3. The van der Waals surface area contributed by atoms with E-state index < -0.39 is 4.92 Å². The summed E-state index contributed by atoms with van der Waals surface area (Å²) in [5, 5.41) is 26.0. The third-order valence-corrected chi connectivity index (χ3v) is 2.72. The second kappa shape index (κ2) is 7.58. The quantitative estimate of drug-likeness (QED) is 0.498. The van der Waals surface area contributed by atoms with Crippen molar-refractivity contribution in [2.75, 3.05) is 23.8 Å². The van der Waals surface area contributed by atoms with Crippen molar-refractivity contribution in [3.8, 4) is 0 Å². The number of aliphatic hydroxyl groups excluding tert-OH is 1. The fraction of sp³-hybridized carbons (Fsp3) is 0.538. The van der Waals surface area contributed by atoms with E-state index in [9.17, 15) is 10.1 Å². The van der Waals surface area contributed by atoms with Crippen LogP contribution >= 0.6 is 0 Å². The minimum Gasteiger partial charge on any atom is -0.396 e. The first-order valence-corrected chi connectivity index (χ1v) is 6.47. The number of nitro benzene ring substituents is 1. The third-order valence-electron chi connectivity index (χ3n) is 2.72. The monoisotopic (exact) mass is 267 g/mol. The van der Waals surface area contributed by atoms with Crippen LogP contribution < -0.4 is 10.6 Å². The van der Waals surface area contributed by atoms with Crippen LogP contribution in [0.2, 0.25) is 0 Å². The second-order valence-electron chi connectivity index (χ2n) is 4.47. The highest BCUT2D eigenvalue weighted by Crippen LogP contribution is 2.25. The first-order valence-electron chi connectivity index (χ1n) is 6.47. The maximum absolute atomic E-state index is 10.9. The molecular formula is C13H21N3O3. The van der Waals surface area contributed by atoms with E-state index in [-0.39, 0.29) is 18.3 Å². The van der Waals surface area contributed by atoms with E-state index in [1.165, 1.54) is 12.1 Å². The molecule has 0 radical (unpaired) electrons. The van der Waals surface area contributed by atoms with Gasteiger partial charge in [-0.25, -0.2) is 0 Å². The van der Waals surface area contributed by atoms with Gasteiger partial charge in [0, 0.05) is 42.7 Å². The molecule has 0 heterocycles. The van der Waals surface area contributed by atoms with Crippen LogP contribution in [0.4, 0.5) is 17.1 Å². The smallest absolute Gasteiger partial charge is 0.273 e. The molecule has 0 aliphatic rings. The molecule has 0 aliphatic carbocycles. The van der Waals surface area contributed by atoms with Gasteiger partial charge >= 0.3 is 0 Å². The summed E-state index contributed by atoms with van der Waals surface area (Å²) in [5.41, 5.74) is 1.51. The van der Waals surface area contributed by atoms with E-state index in [1.54, 1.807) is 0 Å². The number of hydrogen-bond donors (Lipinski definition) is 3. The van der Waals surface area contributed by atoms with Crippen molar-refractivity contribution in [2.24, 2.45) is 0 Å². The van der Waals surface area contributed by atoms with Gasteiger partial charge < -0.3 is 15.7 Å². The predicted molar refractivity (Wildman–Crippen MR) is 76.7 cm³/mol. The number of rotatable bonds is 8. The summed E-state index contributed by atoms with van der Waals surface area (Å²) in [6.07, 6.45) is 1.53. The van der Waals surface area contributed by atoms with E-state index in [1.807, 2.05) is 19.9 Å². The lowest BCUT2D eigenvalue weighted by atomic mass is 10.1. The van der Waals surface area contributed by atoms with Gasteiger partial charge in [-0.3, -0.25) is 10.1 Å². The molecule has 1 atom stereocenters. The van der Waals surface area contributed by atoms with Gasteiger partial charge in [0.05, 0.1) is 4.92 Å². The van der Waals surface area contributed by atoms with Crippen LogP contribution in [0.3, 0.4) is 0 Å². The number of nitrogens with one attached hydrogen (secondary N) is 2. The van der Waals surface area contributed by atoms with Crippen LogP contribution in [0.15, 0.2) is 18.2 Å². The molecule has 1 aromatic rings. The number of anilines is 2. The van der Waals surface area contributed by atoms with Crippen molar-refractivity contribution in [1.29, 1.82) is 0 Å². The average Bonchev–Trinajstić information content (AvgIpc) is 2.36. The number of nitrogens with zero attached hydrogens (tertiary/aromatic N) is 1. The summed E-state index contributed by atoms with van der Waals surface area (Å²) in [5.74, 6) is 0. The van der Waals surface area contributed by atoms with E-state index in [0.29, 0.717) is 13.0 Å². The lowest BCUT2D eigenvalue weighted by Crippen LogP contribution is -2.15. The maximum atomic E-state index is 10.9. The molecule has 0 fully saturated rings. The van der Waals surface area contributed by atoms with Crippen molar-refractivity contribution in [2.45, 2.75) is 32.7 Å². The zero-order valence-electron chi connectivity index (χ0n) is 11.3. The van der Waals surface area contributed by atoms with Gasteiger partial charge in [0.15, 0.2) is 0 Å². The molecule has 0 saturated carbocycles. The molecule has 0 aromatic heterocycles. The van der Waals surface area contributed by atoms with Gasteiger partial charge in [-0.1, -0.05) is 0 Å². The molecule has 3 N–H and O–H groups in total. The van der Waals surface area contributed by atoms with Crippen molar-refractivity contribution >= 4 is 17.1 Å². The van der Waals surface area contributed by atoms with Gasteiger partial charge in [-0.2, -0.15) is 0 Å². The van der Waals surface area contributed by atoms with Gasteiger partial charge in [0.2, 0.25) is 0 Å². The fourth-order valence-electron chi connectivity index (χ4n) is 1.86.